The Morgan fingerprint density at radius 3 is 0.908 bits per heavy atom. The van der Waals surface area contributed by atoms with E-state index >= 15 is 0 Å². The van der Waals surface area contributed by atoms with Gasteiger partial charge in [0.25, 0.3) is 0 Å². The van der Waals surface area contributed by atoms with Gasteiger partial charge in [-0.05, 0) is 219 Å². The van der Waals surface area contributed by atoms with Gasteiger partial charge in [-0.25, -0.2) is 14.0 Å². The summed E-state index contributed by atoms with van der Waals surface area (Å²) in [7, 11) is 0. The summed E-state index contributed by atoms with van der Waals surface area (Å²) in [6.07, 6.45) is 11.0. The molecule has 87 heavy (non-hydrogen) atoms. The number of hydrogen-bond acceptors (Lipinski definition) is 15. The number of rotatable bonds is 21. The van der Waals surface area contributed by atoms with Crippen molar-refractivity contribution in [1.82, 2.24) is 60.9 Å². The summed E-state index contributed by atoms with van der Waals surface area (Å²) in [4.78, 5) is 37.8. The Labute approximate surface area is 501 Å². The van der Waals surface area contributed by atoms with Crippen LogP contribution in [0.1, 0.15) is 55.6 Å². The number of nitrogens with zero attached hydrogens (tertiary/aromatic N) is 9. The first-order valence-corrected chi connectivity index (χ1v) is 29.3. The maximum Gasteiger partial charge on any atom is 0.241 e. The maximum atomic E-state index is 12.6. The van der Waals surface area contributed by atoms with Gasteiger partial charge in [0.2, 0.25) is 17.7 Å². The molecule has 6 N–H and O–H groups in total. The van der Waals surface area contributed by atoms with E-state index < -0.39 is 0 Å². The standard InChI is InChI=1S/C66H63N15O6/c82-64(61-4-1-31-67-61)70-49-13-19-55(20-14-49)79-37-52(73-76-79)40-85-58-25-7-43(8-26-58)46-34-47(44-9-27-59(28-10-44)86-41-53-38-80(77-74-53)56-21-15-50(16-22-56)71-65(83)62-5-2-32-68-62)36-48(35-46)45-11-29-60(30-12-45)87-42-54-39-81(78-75-54)57-23-17-51(18-24-57)72-66(84)63-6-3-33-69-63/h7-30,34-39,61-63,67-69H,1-6,31-33,40-42H2,(H,70,82)(H,71,83)(H,72,84)/t61-,62-,63-/m0/s1. The van der Waals surface area contributed by atoms with Crippen LogP contribution in [0.4, 0.5) is 17.1 Å². The van der Waals surface area contributed by atoms with Gasteiger partial charge in [0.05, 0.1) is 53.8 Å². The summed E-state index contributed by atoms with van der Waals surface area (Å²) in [5, 5.41) is 44.7. The summed E-state index contributed by atoms with van der Waals surface area (Å²) in [5.74, 6) is 1.97. The van der Waals surface area contributed by atoms with E-state index in [4.69, 9.17) is 14.2 Å². The average Bonchev–Trinajstić information content (AvgIpc) is 3.49. The summed E-state index contributed by atoms with van der Waals surface area (Å²) in [6, 6.07) is 52.6. The van der Waals surface area contributed by atoms with Gasteiger partial charge in [0, 0.05) is 17.1 Å². The molecular formula is C66H63N15O6. The van der Waals surface area contributed by atoms with Crippen molar-refractivity contribution < 1.29 is 28.6 Å². The molecule has 3 saturated heterocycles. The number of benzene rings is 7. The third kappa shape index (κ3) is 13.8. The minimum Gasteiger partial charge on any atom is -0.487 e. The highest BCUT2D eigenvalue weighted by molar-refractivity contribution is 5.96. The molecule has 0 saturated carbocycles. The highest BCUT2D eigenvalue weighted by Crippen LogP contribution is 2.35. The fourth-order valence-electron chi connectivity index (χ4n) is 10.8. The third-order valence-electron chi connectivity index (χ3n) is 15.6. The normalized spacial score (nSPS) is 16.3. The van der Waals surface area contributed by atoms with Crippen LogP contribution in [0.5, 0.6) is 17.2 Å². The van der Waals surface area contributed by atoms with Gasteiger partial charge in [-0.15, -0.1) is 15.3 Å². The molecule has 13 rings (SSSR count). The highest BCUT2D eigenvalue weighted by Gasteiger charge is 2.24. The van der Waals surface area contributed by atoms with Crippen LogP contribution in [0.15, 0.2) is 182 Å². The van der Waals surface area contributed by atoms with Crippen molar-refractivity contribution in [3.8, 4) is 67.7 Å². The van der Waals surface area contributed by atoms with Crippen molar-refractivity contribution >= 4 is 34.8 Å². The van der Waals surface area contributed by atoms with Gasteiger partial charge in [0.15, 0.2) is 0 Å². The summed E-state index contributed by atoms with van der Waals surface area (Å²) in [6.45, 7) is 3.22. The second kappa shape index (κ2) is 25.9. The number of hydrogen-bond donors (Lipinski definition) is 6. The van der Waals surface area contributed by atoms with Crippen LogP contribution >= 0.6 is 0 Å². The van der Waals surface area contributed by atoms with Crippen molar-refractivity contribution in [1.29, 1.82) is 0 Å². The van der Waals surface area contributed by atoms with Crippen molar-refractivity contribution in [3.63, 3.8) is 0 Å². The Hall–Kier alpha value is -10.3. The molecule has 0 aliphatic carbocycles. The van der Waals surface area contributed by atoms with Crippen LogP contribution in [-0.2, 0) is 34.2 Å². The monoisotopic (exact) mass is 1160 g/mol. The first kappa shape index (κ1) is 55.8. The second-order valence-corrected chi connectivity index (χ2v) is 21.8. The van der Waals surface area contributed by atoms with E-state index in [9.17, 15) is 14.4 Å². The van der Waals surface area contributed by atoms with Crippen molar-refractivity contribution in [2.75, 3.05) is 35.6 Å². The van der Waals surface area contributed by atoms with Crippen LogP contribution in [0.3, 0.4) is 0 Å². The van der Waals surface area contributed by atoms with Crippen LogP contribution in [0, 0.1) is 0 Å². The lowest BCUT2D eigenvalue weighted by atomic mass is 9.93. The largest absolute Gasteiger partial charge is 0.487 e. The van der Waals surface area contributed by atoms with Crippen LogP contribution in [0.25, 0.3) is 50.4 Å². The molecular weight excluding hydrogens is 1100 g/mol. The first-order valence-electron chi connectivity index (χ1n) is 29.3. The first-order chi connectivity index (χ1) is 42.7. The molecule has 3 aliphatic rings. The quantitative estimate of drug-likeness (QED) is 0.0393. The Balaban J connectivity index is 0.670. The Morgan fingerprint density at radius 2 is 0.655 bits per heavy atom. The number of carbonyl (C=O) groups is 3. The summed E-state index contributed by atoms with van der Waals surface area (Å²) < 4.78 is 23.7. The van der Waals surface area contributed by atoms with Crippen LogP contribution < -0.4 is 46.1 Å². The van der Waals surface area contributed by atoms with Gasteiger partial charge in [-0.2, -0.15) is 0 Å². The topological polar surface area (TPSA) is 243 Å². The third-order valence-corrected chi connectivity index (χ3v) is 15.6. The Bertz CT molecular complexity index is 3560. The number of anilines is 3. The van der Waals surface area contributed by atoms with Gasteiger partial charge >= 0.3 is 0 Å². The Kier molecular flexibility index (Phi) is 16.6. The lowest BCUT2D eigenvalue weighted by Crippen LogP contribution is -2.35. The SMILES string of the molecule is O=C(Nc1ccc(-n2cc(COc3ccc(-c4cc(-c5ccc(OCc6cn(-c7ccc(NC(=O)[C@@H]8CCCN8)cc7)nn6)cc5)cc(-c5ccc(OCc6cn(-c7ccc(NC(=O)[C@@H]8CCCN8)cc7)nn6)cc5)c4)cc3)nn2)cc1)[C@@H]1CCCN1. The van der Waals surface area contributed by atoms with Crippen LogP contribution in [0.2, 0.25) is 0 Å². The van der Waals surface area contributed by atoms with Crippen molar-refractivity contribution in [2.45, 2.75) is 76.5 Å². The molecule has 0 radical (unpaired) electrons. The molecule has 0 unspecified atom stereocenters. The van der Waals surface area contributed by atoms with E-state index in [0.717, 1.165) is 126 Å². The van der Waals surface area contributed by atoms with Gasteiger partial charge in [-0.1, -0.05) is 52.0 Å². The highest BCUT2D eigenvalue weighted by atomic mass is 16.5. The molecule has 0 bridgehead atoms. The summed E-state index contributed by atoms with van der Waals surface area (Å²) in [5.41, 5.74) is 12.6. The zero-order valence-electron chi connectivity index (χ0n) is 47.5. The van der Waals surface area contributed by atoms with E-state index in [1.165, 1.54) is 0 Å². The number of nitrogens with one attached hydrogen (secondary N) is 6. The van der Waals surface area contributed by atoms with Gasteiger partial charge < -0.3 is 46.1 Å². The molecule has 3 atom stereocenters. The second-order valence-electron chi connectivity index (χ2n) is 21.8. The smallest absolute Gasteiger partial charge is 0.241 e. The fraction of sp³-hybridized carbons (Fsp3) is 0.227. The zero-order valence-corrected chi connectivity index (χ0v) is 47.5. The molecule has 3 aromatic heterocycles. The molecule has 10 aromatic rings. The van der Waals surface area contributed by atoms with E-state index in [-0.39, 0.29) is 55.7 Å². The number of carbonyl (C=O) groups excluding carboxylic acids is 3. The van der Waals surface area contributed by atoms with Crippen molar-refractivity contribution in [3.05, 3.63) is 199 Å². The zero-order chi connectivity index (χ0) is 58.9. The molecule has 3 amide bonds. The lowest BCUT2D eigenvalue weighted by molar-refractivity contribution is -0.118. The predicted octanol–water partition coefficient (Wildman–Crippen LogP) is 9.24. The van der Waals surface area contributed by atoms with E-state index in [1.54, 1.807) is 14.0 Å². The van der Waals surface area contributed by atoms with Gasteiger partial charge in [0.1, 0.15) is 54.2 Å². The molecule has 21 nitrogen and oxygen atoms in total. The lowest BCUT2D eigenvalue weighted by Gasteiger charge is -2.13. The molecule has 438 valence electrons. The molecule has 3 fully saturated rings. The van der Waals surface area contributed by atoms with Gasteiger partial charge in [-0.3, -0.25) is 14.4 Å². The fourth-order valence-corrected chi connectivity index (χ4v) is 10.8. The van der Waals surface area contributed by atoms with Crippen molar-refractivity contribution in [2.24, 2.45) is 0 Å². The van der Waals surface area contributed by atoms with E-state index in [0.29, 0.717) is 34.3 Å². The number of ether oxygens (including phenoxy) is 3. The summed E-state index contributed by atoms with van der Waals surface area (Å²) >= 11 is 0. The molecule has 6 heterocycles. The number of aromatic nitrogens is 9. The minimum atomic E-state index is -0.156. The van der Waals surface area contributed by atoms with E-state index in [1.807, 2.05) is 164 Å². The molecule has 0 spiro atoms. The Morgan fingerprint density at radius 1 is 0.379 bits per heavy atom. The predicted molar refractivity (Wildman–Crippen MR) is 329 cm³/mol. The van der Waals surface area contributed by atoms with Crippen LogP contribution in [-0.4, -0.2) is 100 Å². The number of amides is 3. The molecule has 3 aliphatic heterocycles. The average molecular weight is 1160 g/mol. The molecule has 21 heteroatoms. The van der Waals surface area contributed by atoms with E-state index in [2.05, 4.69) is 81.0 Å². The minimum absolute atomic E-state index is 0.0227. The molecule has 7 aromatic carbocycles. The maximum absolute atomic E-state index is 12.6.